The van der Waals surface area contributed by atoms with E-state index in [0.717, 1.165) is 56.8 Å². The van der Waals surface area contributed by atoms with Crippen molar-refractivity contribution in [2.45, 2.75) is 123 Å². The molecule has 2 N–H and O–H groups in total. The van der Waals surface area contributed by atoms with Gasteiger partial charge < -0.3 is 10.6 Å². The van der Waals surface area contributed by atoms with E-state index in [0.29, 0.717) is 0 Å². The lowest BCUT2D eigenvalue weighted by Gasteiger charge is -2.40. The Morgan fingerprint density at radius 2 is 1.63 bits per heavy atom. The Labute approximate surface area is 325 Å². The molecule has 2 unspecified atom stereocenters. The molecule has 8 rings (SSSR count). The fourth-order valence-corrected chi connectivity index (χ4v) is 8.64. The minimum atomic E-state index is -2.22. The molecular weight excluding hydrogens is 671 g/mol. The van der Waals surface area contributed by atoms with E-state index in [4.69, 9.17) is 0 Å². The van der Waals surface area contributed by atoms with Crippen molar-refractivity contribution >= 4 is 22.5 Å². The predicted octanol–water partition coefficient (Wildman–Crippen LogP) is 9.48. The Morgan fingerprint density at radius 3 is 2.28 bits per heavy atom. The minimum absolute atomic E-state index is 0.0641. The van der Waals surface area contributed by atoms with Gasteiger partial charge in [-0.25, -0.2) is 8.78 Å². The number of nitrogens with zero attached hydrogens (tertiary/aromatic N) is 2. The van der Waals surface area contributed by atoms with Crippen LogP contribution in [0.15, 0.2) is 79.5 Å². The van der Waals surface area contributed by atoms with Crippen molar-refractivity contribution < 1.29 is 8.78 Å². The van der Waals surface area contributed by atoms with Crippen molar-refractivity contribution in [1.29, 1.82) is 0 Å². The molecule has 6 heteroatoms. The molecule has 54 heavy (non-hydrogen) atoms. The van der Waals surface area contributed by atoms with Gasteiger partial charge in [0.15, 0.2) is 0 Å². The molecule has 4 aliphatic heterocycles. The van der Waals surface area contributed by atoms with Gasteiger partial charge in [-0.1, -0.05) is 99.9 Å². The fourth-order valence-electron chi connectivity index (χ4n) is 8.64. The van der Waals surface area contributed by atoms with Crippen LogP contribution in [0.4, 0.5) is 8.78 Å². The highest BCUT2D eigenvalue weighted by molar-refractivity contribution is 5.95. The van der Waals surface area contributed by atoms with E-state index in [1.807, 2.05) is 18.7 Å². The standard InChI is InChI=1S/C30H34N2.C12H22F2N2.2C3H6/c1-21-6-2-11-27-26(21)10-4-12-28(27)30-29-20-22(13-14-23(29)17-18-31-30)7-5-19-32-24-8-3-9-25(32)16-15-24;1-4-15-10(2)12(3)5-7-16(8-6-12)9-11(13)14;1-2-3-1;1-3-2/h2,4,6,10-14,17,20,24-25,31H,3,5,7-9,15-16,18-19H2,1H3;11,15H,2,4-9H2,1,3H3;1-3H2;3H,1H2,2H3. The molecule has 0 aromatic heterocycles. The van der Waals surface area contributed by atoms with Crippen molar-refractivity contribution in [3.05, 3.63) is 107 Å². The number of nitrogens with one attached hydrogen (secondary N) is 2. The van der Waals surface area contributed by atoms with Crippen LogP contribution in [-0.4, -0.2) is 67.6 Å². The number of benzene rings is 3. The third-order valence-corrected chi connectivity index (χ3v) is 12.0. The van der Waals surface area contributed by atoms with E-state index in [2.05, 4.69) is 103 Å². The zero-order valence-electron chi connectivity index (χ0n) is 33.9. The van der Waals surface area contributed by atoms with Crippen LogP contribution in [0.25, 0.3) is 22.5 Å². The highest BCUT2D eigenvalue weighted by atomic mass is 19.3. The van der Waals surface area contributed by atoms with Gasteiger partial charge in [-0.15, -0.1) is 6.58 Å². The SMILES string of the molecule is C1CC1.C=C(NCC)C1(C)CCN(CC(F)F)CC1.C=CC.Cc1cccc2c(C3=c4cc(CCCN5C6CCCC5CC6)ccc4=CCN3)cccc12. The molecule has 0 spiro atoms. The molecule has 2 bridgehead atoms. The zero-order valence-corrected chi connectivity index (χ0v) is 33.9. The molecule has 4 nitrogen and oxygen atoms in total. The first kappa shape index (κ1) is 41.7. The first-order valence-electron chi connectivity index (χ1n) is 21.0. The Bertz CT molecular complexity index is 1770. The number of piperidine rings is 2. The second kappa shape index (κ2) is 20.4. The molecule has 4 heterocycles. The second-order valence-corrected chi connectivity index (χ2v) is 16.2. The van der Waals surface area contributed by atoms with Crippen molar-refractivity contribution in [3.63, 3.8) is 0 Å². The number of alkyl halides is 2. The summed E-state index contributed by atoms with van der Waals surface area (Å²) >= 11 is 0. The molecule has 3 saturated heterocycles. The van der Waals surface area contributed by atoms with E-state index in [9.17, 15) is 8.78 Å². The lowest BCUT2D eigenvalue weighted by Crippen LogP contribution is -2.43. The Hall–Kier alpha value is -3.48. The van der Waals surface area contributed by atoms with Crippen LogP contribution in [0.5, 0.6) is 0 Å². The number of hydrogen-bond donors (Lipinski definition) is 2. The quantitative estimate of drug-likeness (QED) is 0.203. The van der Waals surface area contributed by atoms with Crippen LogP contribution in [-0.2, 0) is 6.42 Å². The molecule has 1 saturated carbocycles. The maximum atomic E-state index is 12.2. The third kappa shape index (κ3) is 11.3. The first-order valence-corrected chi connectivity index (χ1v) is 21.0. The molecule has 3 aromatic rings. The number of fused-ring (bicyclic) bond motifs is 4. The Morgan fingerprint density at radius 1 is 0.963 bits per heavy atom. The number of halogens is 2. The van der Waals surface area contributed by atoms with E-state index in [1.165, 1.54) is 114 Å². The largest absolute Gasteiger partial charge is 0.389 e. The summed E-state index contributed by atoms with van der Waals surface area (Å²) in [5.74, 6) is 0. The molecule has 0 amide bonds. The average molecular weight is 739 g/mol. The predicted molar refractivity (Wildman–Crippen MR) is 227 cm³/mol. The highest BCUT2D eigenvalue weighted by Gasteiger charge is 2.36. The lowest BCUT2D eigenvalue weighted by molar-refractivity contribution is 0.0566. The van der Waals surface area contributed by atoms with E-state index in [1.54, 1.807) is 6.08 Å². The van der Waals surface area contributed by atoms with Crippen molar-refractivity contribution in [2.75, 3.05) is 39.3 Å². The lowest BCUT2D eigenvalue weighted by atomic mass is 9.78. The van der Waals surface area contributed by atoms with Crippen LogP contribution in [0.2, 0.25) is 0 Å². The number of hydrogen-bond acceptors (Lipinski definition) is 4. The van der Waals surface area contributed by atoms with E-state index >= 15 is 0 Å². The van der Waals surface area contributed by atoms with Gasteiger partial charge in [0.1, 0.15) is 0 Å². The monoisotopic (exact) mass is 739 g/mol. The smallest absolute Gasteiger partial charge is 0.251 e. The van der Waals surface area contributed by atoms with Crippen LogP contribution in [0.3, 0.4) is 0 Å². The molecular formula is C48H68F2N4. The second-order valence-electron chi connectivity index (χ2n) is 16.2. The van der Waals surface area contributed by atoms with Gasteiger partial charge in [-0.2, -0.15) is 0 Å². The summed E-state index contributed by atoms with van der Waals surface area (Å²) in [6, 6.07) is 22.3. The molecule has 294 valence electrons. The summed E-state index contributed by atoms with van der Waals surface area (Å²) in [4.78, 5) is 4.68. The van der Waals surface area contributed by atoms with Crippen LogP contribution >= 0.6 is 0 Å². The topological polar surface area (TPSA) is 30.5 Å². The summed E-state index contributed by atoms with van der Waals surface area (Å²) in [6.07, 6.45) is 17.8. The Balaban J connectivity index is 0.000000213. The van der Waals surface area contributed by atoms with Gasteiger partial charge in [-0.3, -0.25) is 9.80 Å². The van der Waals surface area contributed by atoms with Gasteiger partial charge in [0, 0.05) is 47.1 Å². The summed E-state index contributed by atoms with van der Waals surface area (Å²) in [6.45, 7) is 20.1. The molecule has 0 radical (unpaired) electrons. The summed E-state index contributed by atoms with van der Waals surface area (Å²) in [7, 11) is 0. The molecule has 4 fully saturated rings. The number of allylic oxidation sites excluding steroid dienone is 2. The summed E-state index contributed by atoms with van der Waals surface area (Å²) in [5.41, 5.74) is 6.53. The van der Waals surface area contributed by atoms with Crippen molar-refractivity contribution in [1.82, 2.24) is 20.4 Å². The van der Waals surface area contributed by atoms with Gasteiger partial charge in [0.05, 0.1) is 12.2 Å². The Kier molecular flexibility index (Phi) is 15.8. The summed E-state index contributed by atoms with van der Waals surface area (Å²) < 4.78 is 24.4. The maximum absolute atomic E-state index is 12.2. The summed E-state index contributed by atoms with van der Waals surface area (Å²) in [5, 5.41) is 12.4. The number of rotatable bonds is 10. The van der Waals surface area contributed by atoms with Gasteiger partial charge in [-0.05, 0) is 125 Å². The molecule has 2 atom stereocenters. The van der Waals surface area contributed by atoms with Gasteiger partial charge in [0.25, 0.3) is 6.43 Å². The van der Waals surface area contributed by atoms with Crippen LogP contribution in [0.1, 0.15) is 108 Å². The van der Waals surface area contributed by atoms with Crippen LogP contribution < -0.4 is 21.1 Å². The van der Waals surface area contributed by atoms with Crippen molar-refractivity contribution in [3.8, 4) is 0 Å². The normalized spacial score (nSPS) is 21.1. The molecule has 3 aromatic carbocycles. The molecule has 5 aliphatic rings. The number of aryl methyl sites for hydroxylation is 2. The van der Waals surface area contributed by atoms with E-state index in [-0.39, 0.29) is 12.0 Å². The number of likely N-dealkylation sites (tertiary alicyclic amines) is 1. The van der Waals surface area contributed by atoms with E-state index < -0.39 is 6.43 Å². The van der Waals surface area contributed by atoms with Gasteiger partial charge in [0.2, 0.25) is 0 Å². The first-order chi connectivity index (χ1) is 26.2. The maximum Gasteiger partial charge on any atom is 0.251 e. The van der Waals surface area contributed by atoms with Crippen LogP contribution in [0, 0.1) is 12.3 Å². The average Bonchev–Trinajstić information content (AvgIpc) is 4.04. The zero-order chi connectivity index (χ0) is 38.5. The van der Waals surface area contributed by atoms with Crippen molar-refractivity contribution in [2.24, 2.45) is 5.41 Å². The fraction of sp³-hybridized carbons (Fsp3) is 0.542. The third-order valence-electron chi connectivity index (χ3n) is 12.0. The molecule has 1 aliphatic carbocycles. The van der Waals surface area contributed by atoms with Gasteiger partial charge >= 0.3 is 0 Å². The highest BCUT2D eigenvalue weighted by Crippen LogP contribution is 2.37. The minimum Gasteiger partial charge on any atom is -0.389 e.